The van der Waals surface area contributed by atoms with E-state index in [-0.39, 0.29) is 29.2 Å². The van der Waals surface area contributed by atoms with Crippen LogP contribution in [-0.2, 0) is 4.79 Å². The number of para-hydroxylation sites is 1. The van der Waals surface area contributed by atoms with Gasteiger partial charge in [0.15, 0.2) is 11.5 Å². The molecule has 28 heavy (non-hydrogen) atoms. The number of anilines is 1. The first-order chi connectivity index (χ1) is 13.3. The van der Waals surface area contributed by atoms with Crippen molar-refractivity contribution in [2.75, 3.05) is 11.9 Å². The number of amides is 1. The molecule has 0 aliphatic heterocycles. The molecule has 0 aliphatic carbocycles. The molecule has 0 bridgehead atoms. The topological polar surface area (TPSA) is 71.3 Å². The van der Waals surface area contributed by atoms with Gasteiger partial charge >= 0.3 is 6.61 Å². The van der Waals surface area contributed by atoms with E-state index in [1.54, 1.807) is 25.1 Å². The summed E-state index contributed by atoms with van der Waals surface area (Å²) in [6, 6.07) is 11.8. The first kappa shape index (κ1) is 20.9. The van der Waals surface area contributed by atoms with Gasteiger partial charge in [-0.3, -0.25) is 4.79 Å². The quantitative estimate of drug-likeness (QED) is 0.545. The SMILES string of the molecule is CCOc1cccc(/C=C(\C#N)C(=O)Nc2ccc(C)cc2C)c1OC(F)F. The number of benzene rings is 2. The minimum absolute atomic E-state index is 0.101. The largest absolute Gasteiger partial charge is 0.490 e. The molecule has 2 aromatic rings. The molecule has 2 rings (SSSR count). The van der Waals surface area contributed by atoms with Crippen LogP contribution >= 0.6 is 0 Å². The number of hydrogen-bond acceptors (Lipinski definition) is 4. The molecule has 0 fully saturated rings. The van der Waals surface area contributed by atoms with E-state index in [0.29, 0.717) is 5.69 Å². The summed E-state index contributed by atoms with van der Waals surface area (Å²) in [5, 5.41) is 12.1. The summed E-state index contributed by atoms with van der Waals surface area (Å²) in [6.07, 6.45) is 1.19. The van der Waals surface area contributed by atoms with E-state index in [9.17, 15) is 18.8 Å². The van der Waals surface area contributed by atoms with Crippen LogP contribution in [0.4, 0.5) is 14.5 Å². The number of carbonyl (C=O) groups is 1. The summed E-state index contributed by atoms with van der Waals surface area (Å²) in [5.74, 6) is -0.783. The molecule has 2 aromatic carbocycles. The van der Waals surface area contributed by atoms with Gasteiger partial charge < -0.3 is 14.8 Å². The lowest BCUT2D eigenvalue weighted by Crippen LogP contribution is -2.14. The molecule has 0 unspecified atom stereocenters. The van der Waals surface area contributed by atoms with Crippen LogP contribution in [0.1, 0.15) is 23.6 Å². The molecular formula is C21H20F2N2O3. The van der Waals surface area contributed by atoms with E-state index in [1.165, 1.54) is 18.2 Å². The highest BCUT2D eigenvalue weighted by Crippen LogP contribution is 2.34. The molecule has 1 amide bonds. The third-order valence-corrected chi connectivity index (χ3v) is 3.81. The zero-order chi connectivity index (χ0) is 20.7. The van der Waals surface area contributed by atoms with Crippen molar-refractivity contribution in [2.45, 2.75) is 27.4 Å². The van der Waals surface area contributed by atoms with Crippen LogP contribution in [0.15, 0.2) is 42.0 Å². The lowest BCUT2D eigenvalue weighted by Gasteiger charge is -2.14. The predicted octanol–water partition coefficient (Wildman–Crippen LogP) is 4.85. The Morgan fingerprint density at radius 2 is 2.04 bits per heavy atom. The van der Waals surface area contributed by atoms with Gasteiger partial charge in [-0.15, -0.1) is 0 Å². The lowest BCUT2D eigenvalue weighted by molar-refractivity contribution is -0.112. The van der Waals surface area contributed by atoms with Crippen molar-refractivity contribution in [3.63, 3.8) is 0 Å². The number of rotatable bonds is 7. The number of ether oxygens (including phenoxy) is 2. The Hall–Kier alpha value is -3.40. The fraction of sp³-hybridized carbons (Fsp3) is 0.238. The Morgan fingerprint density at radius 3 is 2.64 bits per heavy atom. The van der Waals surface area contributed by atoms with Crippen molar-refractivity contribution in [1.82, 2.24) is 0 Å². The number of aryl methyl sites for hydroxylation is 2. The highest BCUT2D eigenvalue weighted by atomic mass is 19.3. The fourth-order valence-electron chi connectivity index (χ4n) is 2.58. The van der Waals surface area contributed by atoms with E-state index >= 15 is 0 Å². The molecule has 0 saturated carbocycles. The Balaban J connectivity index is 2.39. The maximum atomic E-state index is 12.8. The van der Waals surface area contributed by atoms with Crippen molar-refractivity contribution in [3.8, 4) is 17.6 Å². The first-order valence-corrected chi connectivity index (χ1v) is 8.56. The Morgan fingerprint density at radius 1 is 1.29 bits per heavy atom. The minimum atomic E-state index is -3.08. The molecule has 5 nitrogen and oxygen atoms in total. The van der Waals surface area contributed by atoms with Gasteiger partial charge in [-0.05, 0) is 44.5 Å². The number of nitrogens with one attached hydrogen (secondary N) is 1. The number of nitriles is 1. The minimum Gasteiger partial charge on any atom is -0.490 e. The molecule has 0 heterocycles. The van der Waals surface area contributed by atoms with Crippen LogP contribution in [-0.4, -0.2) is 19.1 Å². The average molecular weight is 386 g/mol. The van der Waals surface area contributed by atoms with E-state index in [1.807, 2.05) is 26.0 Å². The molecule has 0 atom stereocenters. The summed E-state index contributed by atoms with van der Waals surface area (Å²) in [4.78, 5) is 12.5. The molecule has 0 aliphatic rings. The van der Waals surface area contributed by atoms with E-state index in [4.69, 9.17) is 4.74 Å². The van der Waals surface area contributed by atoms with Crippen molar-refractivity contribution in [3.05, 3.63) is 58.7 Å². The third-order valence-electron chi connectivity index (χ3n) is 3.81. The highest BCUT2D eigenvalue weighted by molar-refractivity contribution is 6.10. The molecule has 0 spiro atoms. The third kappa shape index (κ3) is 5.30. The number of carbonyl (C=O) groups excluding carboxylic acids is 1. The summed E-state index contributed by atoms with van der Waals surface area (Å²) in [5.41, 5.74) is 2.31. The Kier molecular flexibility index (Phi) is 7.10. The predicted molar refractivity (Wildman–Crippen MR) is 102 cm³/mol. The van der Waals surface area contributed by atoms with Crippen LogP contribution in [0.25, 0.3) is 6.08 Å². The van der Waals surface area contributed by atoms with Gasteiger partial charge in [-0.1, -0.05) is 29.8 Å². The van der Waals surface area contributed by atoms with Crippen LogP contribution in [0.3, 0.4) is 0 Å². The molecule has 0 radical (unpaired) electrons. The lowest BCUT2D eigenvalue weighted by atomic mass is 10.1. The van der Waals surface area contributed by atoms with Crippen LogP contribution in [0.2, 0.25) is 0 Å². The number of alkyl halides is 2. The molecule has 0 saturated heterocycles. The molecular weight excluding hydrogens is 366 g/mol. The maximum Gasteiger partial charge on any atom is 0.387 e. The first-order valence-electron chi connectivity index (χ1n) is 8.56. The Labute approximate surface area is 162 Å². The number of hydrogen-bond donors (Lipinski definition) is 1. The van der Waals surface area contributed by atoms with Crippen molar-refractivity contribution in [2.24, 2.45) is 0 Å². The van der Waals surface area contributed by atoms with Gasteiger partial charge in [0.05, 0.1) is 6.61 Å². The van der Waals surface area contributed by atoms with Gasteiger partial charge in [0, 0.05) is 11.3 Å². The smallest absolute Gasteiger partial charge is 0.387 e. The Bertz CT molecular complexity index is 934. The van der Waals surface area contributed by atoms with Gasteiger partial charge in [0.25, 0.3) is 5.91 Å². The van der Waals surface area contributed by atoms with Crippen LogP contribution < -0.4 is 14.8 Å². The monoisotopic (exact) mass is 386 g/mol. The van der Waals surface area contributed by atoms with Crippen LogP contribution in [0, 0.1) is 25.2 Å². The van der Waals surface area contributed by atoms with Crippen molar-refractivity contribution < 1.29 is 23.0 Å². The zero-order valence-electron chi connectivity index (χ0n) is 15.8. The van der Waals surface area contributed by atoms with Gasteiger partial charge in [-0.2, -0.15) is 14.0 Å². The molecule has 1 N–H and O–H groups in total. The van der Waals surface area contributed by atoms with Crippen molar-refractivity contribution in [1.29, 1.82) is 5.26 Å². The summed E-state index contributed by atoms with van der Waals surface area (Å²) >= 11 is 0. The second kappa shape index (κ2) is 9.51. The van der Waals surface area contributed by atoms with Crippen LogP contribution in [0.5, 0.6) is 11.5 Å². The average Bonchev–Trinajstić information content (AvgIpc) is 2.64. The maximum absolute atomic E-state index is 12.8. The second-order valence-corrected chi connectivity index (χ2v) is 5.93. The van der Waals surface area contributed by atoms with Gasteiger partial charge in [-0.25, -0.2) is 0 Å². The van der Waals surface area contributed by atoms with E-state index in [2.05, 4.69) is 10.1 Å². The molecule has 0 aromatic heterocycles. The number of halogens is 2. The standard InChI is InChI=1S/C21H20F2N2O3/c1-4-27-18-7-5-6-15(19(18)28-21(22)23)11-16(12-24)20(26)25-17-9-8-13(2)10-14(17)3/h5-11,21H,4H2,1-3H3,(H,25,26)/b16-11+. The highest BCUT2D eigenvalue weighted by Gasteiger charge is 2.17. The second-order valence-electron chi connectivity index (χ2n) is 5.93. The van der Waals surface area contributed by atoms with E-state index in [0.717, 1.165) is 11.1 Å². The fourth-order valence-corrected chi connectivity index (χ4v) is 2.58. The zero-order valence-corrected chi connectivity index (χ0v) is 15.8. The molecule has 7 heteroatoms. The van der Waals surface area contributed by atoms with E-state index < -0.39 is 12.5 Å². The summed E-state index contributed by atoms with van der Waals surface area (Å²) in [7, 11) is 0. The summed E-state index contributed by atoms with van der Waals surface area (Å²) in [6.45, 7) is 2.62. The number of nitrogens with zero attached hydrogens (tertiary/aromatic N) is 1. The molecule has 146 valence electrons. The summed E-state index contributed by atoms with van der Waals surface area (Å²) < 4.78 is 35.5. The van der Waals surface area contributed by atoms with Gasteiger partial charge in [0.2, 0.25) is 0 Å². The van der Waals surface area contributed by atoms with Gasteiger partial charge in [0.1, 0.15) is 11.6 Å². The van der Waals surface area contributed by atoms with Crippen molar-refractivity contribution >= 4 is 17.7 Å². The normalized spacial score (nSPS) is 11.1.